The van der Waals surface area contributed by atoms with Crippen molar-refractivity contribution in [2.75, 3.05) is 20.2 Å². The first kappa shape index (κ1) is 12.4. The van der Waals surface area contributed by atoms with Gasteiger partial charge in [0.25, 0.3) is 0 Å². The molecule has 0 fully saturated rings. The van der Waals surface area contributed by atoms with Gasteiger partial charge in [-0.05, 0) is 32.1 Å². The third-order valence-electron chi connectivity index (χ3n) is 1.95. The van der Waals surface area contributed by atoms with E-state index < -0.39 is 10.7 Å². The van der Waals surface area contributed by atoms with E-state index in [1.54, 1.807) is 7.05 Å². The van der Waals surface area contributed by atoms with Gasteiger partial charge in [-0.1, -0.05) is 0 Å². The summed E-state index contributed by atoms with van der Waals surface area (Å²) >= 11 is 0. The van der Waals surface area contributed by atoms with Gasteiger partial charge in [-0.25, -0.2) is 4.39 Å². The fourth-order valence-electron chi connectivity index (χ4n) is 1.19. The van der Waals surface area contributed by atoms with Gasteiger partial charge in [0.15, 0.2) is 5.75 Å². The molecular weight excluding hydrogens is 215 g/mol. The lowest BCUT2D eigenvalue weighted by atomic mass is 10.3. The molecule has 0 aliphatic carbocycles. The van der Waals surface area contributed by atoms with Gasteiger partial charge in [-0.15, -0.1) is 0 Å². The molecule has 0 amide bonds. The number of rotatable bonds is 6. The largest absolute Gasteiger partial charge is 0.487 e. The Morgan fingerprint density at radius 3 is 2.94 bits per heavy atom. The molecule has 0 aliphatic heterocycles. The Morgan fingerprint density at radius 2 is 2.31 bits per heavy atom. The van der Waals surface area contributed by atoms with E-state index in [2.05, 4.69) is 5.32 Å². The number of benzene rings is 1. The number of nitrogens with one attached hydrogen (secondary N) is 1. The molecule has 1 aromatic carbocycles. The fraction of sp³-hybridized carbons (Fsp3) is 0.400. The van der Waals surface area contributed by atoms with E-state index in [-0.39, 0.29) is 11.4 Å². The Balaban J connectivity index is 2.67. The highest BCUT2D eigenvalue weighted by atomic mass is 19.1. The molecular formula is C10H13FN2O3. The molecule has 0 radical (unpaired) electrons. The number of halogens is 1. The molecule has 0 aromatic heterocycles. The molecule has 88 valence electrons. The maximum atomic E-state index is 12.8. The second-order valence-electron chi connectivity index (χ2n) is 3.17. The van der Waals surface area contributed by atoms with Crippen molar-refractivity contribution >= 4 is 5.69 Å². The van der Waals surface area contributed by atoms with Gasteiger partial charge in [0.1, 0.15) is 5.82 Å². The standard InChI is InChI=1S/C10H13FN2O3/c1-12-5-2-6-16-10-4-3-8(11)7-9(10)13(14)15/h3-4,7,12H,2,5-6H2,1H3. The van der Waals surface area contributed by atoms with Crippen LogP contribution in [0.15, 0.2) is 18.2 Å². The molecule has 1 N–H and O–H groups in total. The Labute approximate surface area is 92.4 Å². The van der Waals surface area contributed by atoms with E-state index in [0.717, 1.165) is 25.1 Å². The number of nitro groups is 1. The van der Waals surface area contributed by atoms with Crippen molar-refractivity contribution < 1.29 is 14.1 Å². The molecule has 0 bridgehead atoms. The van der Waals surface area contributed by atoms with Gasteiger partial charge in [-0.3, -0.25) is 10.1 Å². The predicted molar refractivity (Wildman–Crippen MR) is 57.1 cm³/mol. The lowest BCUT2D eigenvalue weighted by molar-refractivity contribution is -0.386. The number of hydrogen-bond donors (Lipinski definition) is 1. The van der Waals surface area contributed by atoms with Crippen LogP contribution in [0.3, 0.4) is 0 Å². The number of ether oxygens (including phenoxy) is 1. The maximum absolute atomic E-state index is 12.8. The Bertz CT molecular complexity index is 371. The molecule has 0 saturated carbocycles. The Morgan fingerprint density at radius 1 is 1.56 bits per heavy atom. The van der Waals surface area contributed by atoms with Crippen LogP contribution in [0.5, 0.6) is 5.75 Å². The molecule has 1 rings (SSSR count). The third kappa shape index (κ3) is 3.47. The first-order valence-electron chi connectivity index (χ1n) is 4.86. The topological polar surface area (TPSA) is 64.4 Å². The van der Waals surface area contributed by atoms with Crippen LogP contribution in [0.2, 0.25) is 0 Å². The highest BCUT2D eigenvalue weighted by molar-refractivity contribution is 5.46. The van der Waals surface area contributed by atoms with Crippen LogP contribution in [-0.2, 0) is 0 Å². The minimum Gasteiger partial charge on any atom is -0.487 e. The highest BCUT2D eigenvalue weighted by Gasteiger charge is 2.15. The van der Waals surface area contributed by atoms with Gasteiger partial charge in [0.05, 0.1) is 17.6 Å². The van der Waals surface area contributed by atoms with E-state index in [1.165, 1.54) is 6.07 Å². The first-order valence-corrected chi connectivity index (χ1v) is 4.86. The summed E-state index contributed by atoms with van der Waals surface area (Å²) in [7, 11) is 1.81. The van der Waals surface area contributed by atoms with Crippen LogP contribution in [0, 0.1) is 15.9 Å². The number of nitro benzene ring substituents is 1. The Hall–Kier alpha value is -1.69. The molecule has 16 heavy (non-hydrogen) atoms. The summed E-state index contributed by atoms with van der Waals surface area (Å²) in [5.41, 5.74) is -0.343. The minimum atomic E-state index is -0.656. The Kier molecular flexibility index (Phi) is 4.65. The van der Waals surface area contributed by atoms with Gasteiger partial charge >= 0.3 is 5.69 Å². The lowest BCUT2D eigenvalue weighted by Crippen LogP contribution is -2.11. The fourth-order valence-corrected chi connectivity index (χ4v) is 1.19. The van der Waals surface area contributed by atoms with Crippen molar-refractivity contribution in [3.05, 3.63) is 34.1 Å². The summed E-state index contributed by atoms with van der Waals surface area (Å²) in [5.74, 6) is -0.545. The van der Waals surface area contributed by atoms with E-state index in [0.29, 0.717) is 6.61 Å². The zero-order valence-corrected chi connectivity index (χ0v) is 8.90. The summed E-state index contributed by atoms with van der Waals surface area (Å²) in [6.45, 7) is 1.11. The zero-order chi connectivity index (χ0) is 12.0. The van der Waals surface area contributed by atoms with Crippen molar-refractivity contribution in [2.24, 2.45) is 0 Å². The summed E-state index contributed by atoms with van der Waals surface area (Å²) < 4.78 is 18.0. The third-order valence-corrected chi connectivity index (χ3v) is 1.95. The van der Waals surface area contributed by atoms with Crippen LogP contribution >= 0.6 is 0 Å². The molecule has 0 saturated heterocycles. The second kappa shape index (κ2) is 6.02. The molecule has 6 heteroatoms. The van der Waals surface area contributed by atoms with Crippen LogP contribution in [0.1, 0.15) is 6.42 Å². The molecule has 5 nitrogen and oxygen atoms in total. The SMILES string of the molecule is CNCCCOc1ccc(F)cc1[N+](=O)[O-]. The average Bonchev–Trinajstić information content (AvgIpc) is 2.26. The summed E-state index contributed by atoms with van der Waals surface area (Å²) in [5, 5.41) is 13.5. The zero-order valence-electron chi connectivity index (χ0n) is 8.90. The van der Waals surface area contributed by atoms with Crippen molar-refractivity contribution in [3.8, 4) is 5.75 Å². The van der Waals surface area contributed by atoms with Crippen LogP contribution in [-0.4, -0.2) is 25.1 Å². The lowest BCUT2D eigenvalue weighted by Gasteiger charge is -2.06. The highest BCUT2D eigenvalue weighted by Crippen LogP contribution is 2.27. The van der Waals surface area contributed by atoms with E-state index in [4.69, 9.17) is 4.74 Å². The molecule has 0 spiro atoms. The summed E-state index contributed by atoms with van der Waals surface area (Å²) in [6.07, 6.45) is 0.727. The van der Waals surface area contributed by atoms with Gasteiger partial charge in [-0.2, -0.15) is 0 Å². The normalized spacial score (nSPS) is 10.1. The minimum absolute atomic E-state index is 0.0995. The molecule has 0 aliphatic rings. The average molecular weight is 228 g/mol. The van der Waals surface area contributed by atoms with Crippen LogP contribution in [0.4, 0.5) is 10.1 Å². The van der Waals surface area contributed by atoms with E-state index >= 15 is 0 Å². The van der Waals surface area contributed by atoms with Crippen LogP contribution < -0.4 is 10.1 Å². The number of hydrogen-bond acceptors (Lipinski definition) is 4. The van der Waals surface area contributed by atoms with Gasteiger partial charge < -0.3 is 10.1 Å². The summed E-state index contributed by atoms with van der Waals surface area (Å²) in [6, 6.07) is 3.26. The first-order chi connectivity index (χ1) is 7.65. The van der Waals surface area contributed by atoms with Crippen molar-refractivity contribution in [3.63, 3.8) is 0 Å². The van der Waals surface area contributed by atoms with Gasteiger partial charge in [0, 0.05) is 0 Å². The quantitative estimate of drug-likeness (QED) is 0.457. The van der Waals surface area contributed by atoms with Crippen molar-refractivity contribution in [1.82, 2.24) is 5.32 Å². The second-order valence-corrected chi connectivity index (χ2v) is 3.17. The van der Waals surface area contributed by atoms with Crippen molar-refractivity contribution in [2.45, 2.75) is 6.42 Å². The molecule has 1 aromatic rings. The summed E-state index contributed by atoms with van der Waals surface area (Å²) in [4.78, 5) is 9.95. The predicted octanol–water partition coefficient (Wildman–Crippen LogP) is 1.72. The maximum Gasteiger partial charge on any atom is 0.313 e. The molecule has 0 unspecified atom stereocenters. The molecule has 0 atom stereocenters. The van der Waals surface area contributed by atoms with Gasteiger partial charge in [0.2, 0.25) is 0 Å². The smallest absolute Gasteiger partial charge is 0.313 e. The monoisotopic (exact) mass is 228 g/mol. The van der Waals surface area contributed by atoms with E-state index in [1.807, 2.05) is 0 Å². The van der Waals surface area contributed by atoms with E-state index in [9.17, 15) is 14.5 Å². The van der Waals surface area contributed by atoms with Crippen LogP contribution in [0.25, 0.3) is 0 Å². The van der Waals surface area contributed by atoms with Crippen molar-refractivity contribution in [1.29, 1.82) is 0 Å². The number of nitrogens with zero attached hydrogens (tertiary/aromatic N) is 1. The molecule has 0 heterocycles.